The van der Waals surface area contributed by atoms with Crippen LogP contribution in [0.1, 0.15) is 75.6 Å². The van der Waals surface area contributed by atoms with E-state index in [-0.39, 0.29) is 51.8 Å². The number of nitrogens with zero attached hydrogens (tertiary/aromatic N) is 8. The number of rotatable bonds is 11. The van der Waals surface area contributed by atoms with E-state index in [1.807, 2.05) is 142 Å². The molecule has 17 rings (SSSR count). The van der Waals surface area contributed by atoms with Gasteiger partial charge in [0, 0.05) is 89.1 Å². The molecule has 16 aromatic rings. The summed E-state index contributed by atoms with van der Waals surface area (Å²) in [4.78, 5) is 27.9. The van der Waals surface area contributed by atoms with Crippen LogP contribution in [0.5, 0.6) is 0 Å². The average molecular weight is 1780 g/mol. The number of aryl methyl sites for hydroxylation is 4. The Balaban J connectivity index is 0.000000133. The Bertz CT molecular complexity index is 5840. The number of pyridine rings is 4. The fraction of sp³-hybridized carbons (Fsp3) is 0.213. The fourth-order valence-corrected chi connectivity index (χ4v) is 17.1. The number of halogens is 2. The van der Waals surface area contributed by atoms with Gasteiger partial charge in [-0.15, -0.1) is 65.7 Å². The van der Waals surface area contributed by atoms with Gasteiger partial charge >= 0.3 is 0 Å². The van der Waals surface area contributed by atoms with E-state index in [1.54, 1.807) is 6.07 Å². The third-order valence-corrected chi connectivity index (χ3v) is 23.2. The first kappa shape index (κ1) is 73.8. The summed E-state index contributed by atoms with van der Waals surface area (Å²) >= 11 is 0. The third-order valence-electron chi connectivity index (χ3n) is 19.1. The SMILES string of the molecule is CC(C)Cc1cc(-c2[c-]cc(F)c(-c3ccccc3)c2)ncc1[Si](C)(C)C.Cc1cccc2oc3n[c-]c(-c4nc5ccccc5n4-c4ccccc4)cc3c12.Cn1c(-c2[c-]nc3oc4cc5c(cc4c3c2)CCCC5)nc2ccccc21.[2H]C(C)(C)c1cc(-c2[c-]cc(F)cc2)ncc1[Si](C)(C)C.[Ir].[Ir]. The number of hydrogen-bond donors (Lipinski definition) is 0. The molecule has 2 radical (unpaired) electrons. The van der Waals surface area contributed by atoms with Crippen LogP contribution in [0.25, 0.3) is 128 Å². The van der Waals surface area contributed by atoms with Crippen molar-refractivity contribution in [3.05, 3.63) is 270 Å². The van der Waals surface area contributed by atoms with Gasteiger partial charge in [0.1, 0.15) is 22.6 Å². The van der Waals surface area contributed by atoms with E-state index in [2.05, 4.69) is 169 Å². The van der Waals surface area contributed by atoms with Crippen LogP contribution in [0.4, 0.5) is 8.78 Å². The van der Waals surface area contributed by atoms with E-state index in [4.69, 9.17) is 25.2 Å². The number of para-hydroxylation sites is 5. The van der Waals surface area contributed by atoms with Gasteiger partial charge in [0.2, 0.25) is 0 Å². The summed E-state index contributed by atoms with van der Waals surface area (Å²) in [6.07, 6.45) is 16.1. The maximum absolute atomic E-state index is 14.4. The van der Waals surface area contributed by atoms with Gasteiger partial charge in [-0.3, -0.25) is 18.7 Å². The van der Waals surface area contributed by atoms with Gasteiger partial charge in [-0.1, -0.05) is 192 Å². The van der Waals surface area contributed by atoms with Gasteiger partial charge in [0.15, 0.2) is 0 Å². The minimum atomic E-state index is -1.57. The molecule has 0 spiro atoms. The molecule has 534 valence electrons. The molecular weight excluding hydrogens is 1690 g/mol. The normalized spacial score (nSPS) is 12.4. The van der Waals surface area contributed by atoms with Crippen molar-refractivity contribution in [2.45, 2.75) is 112 Å². The van der Waals surface area contributed by atoms with Crippen LogP contribution in [-0.4, -0.2) is 55.2 Å². The van der Waals surface area contributed by atoms with E-state index in [0.29, 0.717) is 22.9 Å². The molecule has 8 aromatic heterocycles. The zero-order chi connectivity index (χ0) is 72.8. The Labute approximate surface area is 643 Å². The zero-order valence-electron chi connectivity index (χ0n) is 62.1. The molecule has 8 aromatic carbocycles. The van der Waals surface area contributed by atoms with Crippen molar-refractivity contribution in [1.29, 1.82) is 0 Å². The first-order valence-corrected chi connectivity index (χ1v) is 42.3. The van der Waals surface area contributed by atoms with Crippen molar-refractivity contribution in [2.24, 2.45) is 13.0 Å². The predicted molar refractivity (Wildman–Crippen MR) is 423 cm³/mol. The van der Waals surface area contributed by atoms with E-state index < -0.39 is 22.0 Å². The molecule has 0 bridgehead atoms. The van der Waals surface area contributed by atoms with E-state index in [9.17, 15) is 8.78 Å². The second-order valence-electron chi connectivity index (χ2n) is 29.4. The molecule has 16 heteroatoms. The standard InChI is InChI=1S/C25H16N3O.C24H27FNSi.C23H18N3O.C17H21FNSi.2Ir/c1-16-8-7-13-22-23(16)19-14-17(15-26-25(19)29-22)24-27-20-11-5-6-12-21(20)28(24)18-9-3-2-4-10-18;1-17(2)13-20-15-23(26-16-24(20)27(3,4)5)19-11-12-22(25)21(14-19)18-9-7-6-8-10-18;1-26-20-9-5-4-8-19(20)25-22(26)16-11-18-17-10-14-6-2-3-7-15(14)12-21(17)27-23(18)24-13-16;1-12(2)15-10-16(13-6-8-14(18)9-7-13)19-11-17(15)20(3,4)5;;/h2-14H,1H3;6-10,12,14-17H,13H2,1-5H3;4-5,8-12H,2-3,6-7H2,1H3;6,8-12H,1-5H3;;/q4*-1;;/i;;;12D;;. The molecule has 0 saturated carbocycles. The van der Waals surface area contributed by atoms with Crippen LogP contribution in [0, 0.1) is 49.0 Å². The summed E-state index contributed by atoms with van der Waals surface area (Å²) in [7, 11) is -1.01. The fourth-order valence-electron chi connectivity index (χ4n) is 13.9. The third kappa shape index (κ3) is 16.0. The van der Waals surface area contributed by atoms with Crippen LogP contribution in [0.15, 0.2) is 215 Å². The monoisotopic (exact) mass is 1780 g/mol. The van der Waals surface area contributed by atoms with Crippen LogP contribution >= 0.6 is 0 Å². The van der Waals surface area contributed by atoms with Crippen molar-refractivity contribution < 1.29 is 59.2 Å². The largest absolute Gasteiger partial charge is 0.483 e. The summed E-state index contributed by atoms with van der Waals surface area (Å²) in [5.41, 5.74) is 20.9. The Morgan fingerprint density at radius 2 is 1.13 bits per heavy atom. The number of furan rings is 2. The smallest absolute Gasteiger partial charge is 0.141 e. The molecule has 8 heterocycles. The molecule has 0 atom stereocenters. The molecule has 0 N–H and O–H groups in total. The van der Waals surface area contributed by atoms with Crippen LogP contribution < -0.4 is 10.4 Å². The second kappa shape index (κ2) is 31.7. The first-order chi connectivity index (χ1) is 49.9. The maximum Gasteiger partial charge on any atom is 0.141 e. The summed E-state index contributed by atoms with van der Waals surface area (Å²) in [6, 6.07) is 68.8. The van der Waals surface area contributed by atoms with Crippen LogP contribution in [0.2, 0.25) is 39.3 Å². The summed E-state index contributed by atoms with van der Waals surface area (Å²) in [6.45, 7) is 24.2. The number of benzene rings is 8. The Morgan fingerprint density at radius 3 is 1.79 bits per heavy atom. The number of hydrogen-bond acceptors (Lipinski definition) is 8. The minimum absolute atomic E-state index is 0. The van der Waals surface area contributed by atoms with Gasteiger partial charge in [-0.2, -0.15) is 0 Å². The topological polar surface area (TPSA) is 113 Å². The Morgan fingerprint density at radius 1 is 0.552 bits per heavy atom. The van der Waals surface area contributed by atoms with Gasteiger partial charge in [-0.05, 0) is 173 Å². The summed E-state index contributed by atoms with van der Waals surface area (Å²) in [5, 5.41) is 6.87. The number of imidazole rings is 2. The molecule has 10 nitrogen and oxygen atoms in total. The van der Waals surface area contributed by atoms with Gasteiger partial charge in [0.05, 0.1) is 49.9 Å². The molecule has 1 aliphatic carbocycles. The van der Waals surface area contributed by atoms with E-state index in [1.165, 1.54) is 58.1 Å². The zero-order valence-corrected chi connectivity index (χ0v) is 67.8. The second-order valence-corrected chi connectivity index (χ2v) is 39.5. The van der Waals surface area contributed by atoms with Crippen molar-refractivity contribution in [2.75, 3.05) is 0 Å². The molecule has 0 saturated heterocycles. The molecule has 0 amide bonds. The average Bonchev–Trinajstić information content (AvgIpc) is 1.59. The molecule has 0 aliphatic heterocycles. The molecule has 0 fully saturated rings. The Hall–Kier alpha value is -9.51. The Kier molecular flexibility index (Phi) is 22.3. The van der Waals surface area contributed by atoms with Crippen molar-refractivity contribution in [1.82, 2.24) is 39.0 Å². The summed E-state index contributed by atoms with van der Waals surface area (Å²) < 4.78 is 52.0. The van der Waals surface area contributed by atoms with E-state index in [0.717, 1.165) is 142 Å². The van der Waals surface area contributed by atoms with Crippen molar-refractivity contribution >= 4 is 92.7 Å². The number of fused-ring (bicyclic) bond motifs is 9. The van der Waals surface area contributed by atoms with Crippen LogP contribution in [0.3, 0.4) is 0 Å². The summed E-state index contributed by atoms with van der Waals surface area (Å²) in [5.74, 6) is 1.01. The quantitative estimate of drug-likeness (QED) is 0.0929. The van der Waals surface area contributed by atoms with Crippen molar-refractivity contribution in [3.63, 3.8) is 0 Å². The molecule has 105 heavy (non-hydrogen) atoms. The van der Waals surface area contributed by atoms with Crippen LogP contribution in [-0.2, 0) is 66.5 Å². The van der Waals surface area contributed by atoms with Gasteiger partial charge < -0.3 is 37.9 Å². The molecule has 1 aliphatic rings. The van der Waals surface area contributed by atoms with Crippen molar-refractivity contribution in [3.8, 4) is 62.1 Å². The molecular formula is C89H82F2Ir2N8O2Si2-4. The molecule has 0 unspecified atom stereocenters. The predicted octanol–water partition coefficient (Wildman–Crippen LogP) is 21.8. The minimum Gasteiger partial charge on any atom is -0.483 e. The number of aromatic nitrogens is 8. The van der Waals surface area contributed by atoms with E-state index >= 15 is 0 Å². The maximum atomic E-state index is 14.4. The van der Waals surface area contributed by atoms with Gasteiger partial charge in [0.25, 0.3) is 0 Å². The van der Waals surface area contributed by atoms with Gasteiger partial charge in [-0.25, -0.2) is 0 Å². The first-order valence-electron chi connectivity index (χ1n) is 35.8.